The molecule has 1 aliphatic carbocycles. The van der Waals surface area contributed by atoms with Gasteiger partial charge in [0.15, 0.2) is 0 Å². The number of nitrogens with zero attached hydrogens (tertiary/aromatic N) is 3. The largest absolute Gasteiger partial charge is 0.378 e. The molecule has 1 saturated heterocycles. The van der Waals surface area contributed by atoms with Gasteiger partial charge in [-0.05, 0) is 49.9 Å². The molecule has 4 rings (SSSR count). The molecule has 2 aromatic rings. The van der Waals surface area contributed by atoms with E-state index in [0.717, 1.165) is 24.5 Å². The zero-order valence-electron chi connectivity index (χ0n) is 16.6. The van der Waals surface area contributed by atoms with E-state index in [1.807, 2.05) is 35.4 Å². The average molecular weight is 396 g/mol. The van der Waals surface area contributed by atoms with E-state index in [0.29, 0.717) is 50.3 Å². The van der Waals surface area contributed by atoms with E-state index in [-0.39, 0.29) is 5.91 Å². The predicted octanol–water partition coefficient (Wildman–Crippen LogP) is 2.33. The lowest BCUT2D eigenvalue weighted by atomic mass is 10.1. The second kappa shape index (κ2) is 9.19. The molecule has 154 valence electrons. The van der Waals surface area contributed by atoms with Gasteiger partial charge in [0, 0.05) is 42.6 Å². The van der Waals surface area contributed by atoms with Crippen LogP contribution in [0.3, 0.4) is 0 Å². The fraction of sp³-hybridized carbons (Fsp3) is 0.476. The lowest BCUT2D eigenvalue weighted by Gasteiger charge is -2.27. The second-order valence-corrected chi connectivity index (χ2v) is 7.45. The number of amides is 1. The smallest absolute Gasteiger partial charge is 0.254 e. The minimum atomic E-state index is 0.0195. The molecule has 0 radical (unpaired) electrons. The van der Waals surface area contributed by atoms with Crippen molar-refractivity contribution < 1.29 is 9.53 Å². The van der Waals surface area contributed by atoms with E-state index in [4.69, 9.17) is 10.5 Å². The molecule has 8 nitrogen and oxygen atoms in total. The number of aromatic nitrogens is 2. The van der Waals surface area contributed by atoms with Gasteiger partial charge in [-0.3, -0.25) is 4.79 Å². The highest BCUT2D eigenvalue weighted by molar-refractivity contribution is 5.95. The summed E-state index contributed by atoms with van der Waals surface area (Å²) in [4.78, 5) is 23.7. The van der Waals surface area contributed by atoms with Gasteiger partial charge in [-0.15, -0.1) is 0 Å². The lowest BCUT2D eigenvalue weighted by Crippen LogP contribution is -2.40. The van der Waals surface area contributed by atoms with E-state index < -0.39 is 0 Å². The van der Waals surface area contributed by atoms with Crippen LogP contribution >= 0.6 is 0 Å². The number of benzene rings is 1. The minimum absolute atomic E-state index is 0.0195. The third-order valence-corrected chi connectivity index (χ3v) is 5.17. The molecule has 8 heteroatoms. The monoisotopic (exact) mass is 396 g/mol. The van der Waals surface area contributed by atoms with Crippen LogP contribution in [0.5, 0.6) is 0 Å². The third kappa shape index (κ3) is 5.02. The molecular formula is C21H28N6O2. The van der Waals surface area contributed by atoms with Crippen LogP contribution in [0, 0.1) is 0 Å². The Hall–Kier alpha value is -2.71. The summed E-state index contributed by atoms with van der Waals surface area (Å²) in [5, 5.41) is 6.63. The second-order valence-electron chi connectivity index (χ2n) is 7.45. The summed E-state index contributed by atoms with van der Waals surface area (Å²) >= 11 is 0. The molecular weight excluding hydrogens is 368 g/mol. The van der Waals surface area contributed by atoms with Crippen LogP contribution in [0.4, 0.5) is 17.5 Å². The predicted molar refractivity (Wildman–Crippen MR) is 113 cm³/mol. The molecule has 0 unspecified atom stereocenters. The number of carbonyl (C=O) groups excluding carboxylic acids is 1. The maximum Gasteiger partial charge on any atom is 0.254 e. The van der Waals surface area contributed by atoms with Gasteiger partial charge in [-0.1, -0.05) is 6.07 Å². The van der Waals surface area contributed by atoms with Gasteiger partial charge < -0.3 is 26.0 Å². The number of morpholine rings is 1. The van der Waals surface area contributed by atoms with E-state index in [9.17, 15) is 4.79 Å². The number of hydrogen-bond donors (Lipinski definition) is 3. The van der Waals surface area contributed by atoms with Crippen molar-refractivity contribution in [2.75, 3.05) is 50.0 Å². The van der Waals surface area contributed by atoms with Crippen LogP contribution in [0.15, 0.2) is 30.5 Å². The molecule has 2 heterocycles. The van der Waals surface area contributed by atoms with Crippen LogP contribution < -0.4 is 16.4 Å². The Kier molecular flexibility index (Phi) is 6.21. The Bertz CT molecular complexity index is 849. The molecule has 1 aliphatic heterocycles. The molecule has 4 N–H and O–H groups in total. The Morgan fingerprint density at radius 1 is 1.28 bits per heavy atom. The molecule has 1 aromatic heterocycles. The van der Waals surface area contributed by atoms with Crippen LogP contribution in [0.2, 0.25) is 0 Å². The summed E-state index contributed by atoms with van der Waals surface area (Å²) in [6, 6.07) is 7.46. The van der Waals surface area contributed by atoms with Gasteiger partial charge >= 0.3 is 0 Å². The number of nitrogens with one attached hydrogen (secondary N) is 2. The first kappa shape index (κ1) is 19.6. The van der Waals surface area contributed by atoms with E-state index in [2.05, 4.69) is 20.6 Å². The fourth-order valence-electron chi connectivity index (χ4n) is 3.40. The van der Waals surface area contributed by atoms with Gasteiger partial charge in [-0.25, -0.2) is 4.98 Å². The first-order valence-corrected chi connectivity index (χ1v) is 10.3. The zero-order valence-corrected chi connectivity index (χ0v) is 16.6. The summed E-state index contributed by atoms with van der Waals surface area (Å²) in [7, 11) is 0. The Morgan fingerprint density at radius 3 is 2.86 bits per heavy atom. The number of rotatable bonds is 8. The number of carbonyl (C=O) groups is 1. The van der Waals surface area contributed by atoms with Crippen LogP contribution in [-0.2, 0) is 4.74 Å². The Morgan fingerprint density at radius 2 is 2.10 bits per heavy atom. The average Bonchev–Trinajstić information content (AvgIpc) is 3.60. The lowest BCUT2D eigenvalue weighted by molar-refractivity contribution is 0.0303. The van der Waals surface area contributed by atoms with Crippen LogP contribution in [0.25, 0.3) is 0 Å². The molecule has 2 aliphatic rings. The summed E-state index contributed by atoms with van der Waals surface area (Å²) in [6.45, 7) is 3.86. The van der Waals surface area contributed by atoms with E-state index in [1.54, 1.807) is 0 Å². The first-order valence-electron chi connectivity index (χ1n) is 10.3. The number of nitrogens with two attached hydrogens (primary N) is 1. The van der Waals surface area contributed by atoms with Crippen molar-refractivity contribution in [3.63, 3.8) is 0 Å². The highest BCUT2D eigenvalue weighted by Crippen LogP contribution is 2.42. The van der Waals surface area contributed by atoms with Crippen LogP contribution in [-0.4, -0.2) is 60.2 Å². The van der Waals surface area contributed by atoms with Gasteiger partial charge in [0.25, 0.3) is 5.91 Å². The van der Waals surface area contributed by atoms with Gasteiger partial charge in [0.2, 0.25) is 5.95 Å². The maximum absolute atomic E-state index is 12.7. The highest BCUT2D eigenvalue weighted by Gasteiger charge is 2.27. The topological polar surface area (TPSA) is 105 Å². The van der Waals surface area contributed by atoms with E-state index in [1.165, 1.54) is 18.4 Å². The molecule has 2 fully saturated rings. The quantitative estimate of drug-likeness (QED) is 0.588. The number of anilines is 3. The van der Waals surface area contributed by atoms with Gasteiger partial charge in [0.05, 0.1) is 13.2 Å². The highest BCUT2D eigenvalue weighted by atomic mass is 16.5. The fourth-order valence-corrected chi connectivity index (χ4v) is 3.40. The van der Waals surface area contributed by atoms with E-state index >= 15 is 0 Å². The molecule has 0 spiro atoms. The molecule has 0 bridgehead atoms. The number of hydrogen-bond acceptors (Lipinski definition) is 7. The summed E-state index contributed by atoms with van der Waals surface area (Å²) in [6.07, 6.45) is 5.17. The van der Waals surface area contributed by atoms with Crippen molar-refractivity contribution in [2.45, 2.75) is 25.2 Å². The molecule has 1 amide bonds. The molecule has 0 atom stereocenters. The minimum Gasteiger partial charge on any atom is -0.378 e. The van der Waals surface area contributed by atoms with Crippen molar-refractivity contribution in [3.05, 3.63) is 41.6 Å². The number of ether oxygens (including phenoxy) is 1. The third-order valence-electron chi connectivity index (χ3n) is 5.17. The van der Waals surface area contributed by atoms with Crippen molar-refractivity contribution in [2.24, 2.45) is 5.73 Å². The van der Waals surface area contributed by atoms with Crippen molar-refractivity contribution in [1.29, 1.82) is 0 Å². The molecule has 29 heavy (non-hydrogen) atoms. The molecule has 1 aromatic carbocycles. The first-order chi connectivity index (χ1) is 14.2. The van der Waals surface area contributed by atoms with Crippen molar-refractivity contribution in [3.8, 4) is 0 Å². The van der Waals surface area contributed by atoms with Gasteiger partial charge in [0.1, 0.15) is 5.82 Å². The SMILES string of the molecule is NCCCNc1nc(Nc2cccc(C(=O)N3CCOCC3)c2)ncc1C1CC1. The van der Waals surface area contributed by atoms with Crippen LogP contribution in [0.1, 0.15) is 41.1 Å². The molecule has 1 saturated carbocycles. The summed E-state index contributed by atoms with van der Waals surface area (Å²) < 4.78 is 5.33. The van der Waals surface area contributed by atoms with Gasteiger partial charge in [-0.2, -0.15) is 4.98 Å². The Balaban J connectivity index is 1.48. The maximum atomic E-state index is 12.7. The standard InChI is InChI=1S/C21H28N6O2/c22-7-2-8-23-19-18(15-5-6-15)14-24-21(26-19)25-17-4-1-3-16(13-17)20(28)27-9-11-29-12-10-27/h1,3-4,13-15H,2,5-12,22H2,(H2,23,24,25,26). The normalized spacial score (nSPS) is 16.5. The zero-order chi connectivity index (χ0) is 20.1. The summed E-state index contributed by atoms with van der Waals surface area (Å²) in [5.41, 5.74) is 8.21. The summed E-state index contributed by atoms with van der Waals surface area (Å²) in [5.74, 6) is 1.96. The van der Waals surface area contributed by atoms with Crippen molar-refractivity contribution >= 4 is 23.4 Å². The Labute approximate surface area is 170 Å². The van der Waals surface area contributed by atoms with Crippen molar-refractivity contribution in [1.82, 2.24) is 14.9 Å².